The standard InChI is InChI=1S/C54H34O5/c55-50-49(51(56)53(58)54(59)52(50)57)48-43-16-7-6-15-42(43)47(44-26-23-33(29-46(44)48)30-11-2-1-3-12-30)41-22-10-19-36-35(17-8-20-38(36)41)37-18-9-21-39-40(37)25-24-34-27-31-13-4-5-14-32(31)28-45(34)39/h1-29,55-59H. The summed E-state index contributed by atoms with van der Waals surface area (Å²) >= 11 is 0. The van der Waals surface area contributed by atoms with E-state index in [4.69, 9.17) is 0 Å². The fourth-order valence-corrected chi connectivity index (χ4v) is 9.25. The van der Waals surface area contributed by atoms with E-state index in [-0.39, 0.29) is 5.56 Å². The van der Waals surface area contributed by atoms with Crippen molar-refractivity contribution in [1.29, 1.82) is 0 Å². The first-order valence-electron chi connectivity index (χ1n) is 19.5. The molecule has 11 rings (SSSR count). The summed E-state index contributed by atoms with van der Waals surface area (Å²) < 4.78 is 0. The number of rotatable bonds is 4. The van der Waals surface area contributed by atoms with Crippen molar-refractivity contribution in [3.05, 3.63) is 176 Å². The van der Waals surface area contributed by atoms with Crippen LogP contribution < -0.4 is 0 Å². The molecule has 0 unspecified atom stereocenters. The largest absolute Gasteiger partial charge is 0.504 e. The molecule has 11 aromatic carbocycles. The summed E-state index contributed by atoms with van der Waals surface area (Å²) in [4.78, 5) is 0. The van der Waals surface area contributed by atoms with Crippen LogP contribution in [0, 0.1) is 0 Å². The van der Waals surface area contributed by atoms with Gasteiger partial charge in [-0.25, -0.2) is 0 Å². The Morgan fingerprint density at radius 1 is 0.220 bits per heavy atom. The summed E-state index contributed by atoms with van der Waals surface area (Å²) in [6, 6.07) is 60.7. The first-order valence-corrected chi connectivity index (χ1v) is 19.5. The number of phenolic OH excluding ortho intramolecular Hbond substituents is 5. The highest BCUT2D eigenvalue weighted by atomic mass is 16.4. The number of fused-ring (bicyclic) bond motifs is 7. The van der Waals surface area contributed by atoms with E-state index in [1.165, 1.54) is 32.3 Å². The van der Waals surface area contributed by atoms with E-state index in [2.05, 4.69) is 115 Å². The van der Waals surface area contributed by atoms with Gasteiger partial charge < -0.3 is 25.5 Å². The van der Waals surface area contributed by atoms with Gasteiger partial charge in [0.2, 0.25) is 17.2 Å². The summed E-state index contributed by atoms with van der Waals surface area (Å²) in [5, 5.41) is 67.1. The molecular formula is C54H34O5. The van der Waals surface area contributed by atoms with Crippen LogP contribution >= 0.6 is 0 Å². The van der Waals surface area contributed by atoms with Gasteiger partial charge in [-0.05, 0) is 116 Å². The van der Waals surface area contributed by atoms with Crippen molar-refractivity contribution in [3.63, 3.8) is 0 Å². The molecule has 0 amide bonds. The van der Waals surface area contributed by atoms with E-state index >= 15 is 0 Å². The van der Waals surface area contributed by atoms with Crippen LogP contribution in [0.2, 0.25) is 0 Å². The normalized spacial score (nSPS) is 11.7. The van der Waals surface area contributed by atoms with Crippen LogP contribution in [0.25, 0.3) is 109 Å². The number of aromatic hydroxyl groups is 5. The van der Waals surface area contributed by atoms with Gasteiger partial charge >= 0.3 is 0 Å². The van der Waals surface area contributed by atoms with Gasteiger partial charge in [0.15, 0.2) is 11.5 Å². The monoisotopic (exact) mass is 762 g/mol. The summed E-state index contributed by atoms with van der Waals surface area (Å²) in [7, 11) is 0. The smallest absolute Gasteiger partial charge is 0.208 e. The summed E-state index contributed by atoms with van der Waals surface area (Å²) in [5.41, 5.74) is 6.25. The predicted molar refractivity (Wildman–Crippen MR) is 242 cm³/mol. The molecule has 0 heterocycles. The van der Waals surface area contributed by atoms with Crippen LogP contribution in [0.4, 0.5) is 0 Å². The molecular weight excluding hydrogens is 729 g/mol. The van der Waals surface area contributed by atoms with Crippen molar-refractivity contribution in [2.24, 2.45) is 0 Å². The maximum absolute atomic E-state index is 11.4. The molecule has 280 valence electrons. The van der Waals surface area contributed by atoms with Crippen molar-refractivity contribution < 1.29 is 25.5 Å². The zero-order valence-electron chi connectivity index (χ0n) is 31.5. The lowest BCUT2D eigenvalue weighted by Crippen LogP contribution is -1.94. The van der Waals surface area contributed by atoms with Crippen molar-refractivity contribution in [2.75, 3.05) is 0 Å². The lowest BCUT2D eigenvalue weighted by Gasteiger charge is -2.21. The Bertz CT molecular complexity index is 3520. The maximum Gasteiger partial charge on any atom is 0.208 e. The molecule has 5 nitrogen and oxygen atoms in total. The van der Waals surface area contributed by atoms with E-state index in [0.29, 0.717) is 16.3 Å². The minimum Gasteiger partial charge on any atom is -0.504 e. The number of phenols is 5. The van der Waals surface area contributed by atoms with Gasteiger partial charge in [-0.2, -0.15) is 0 Å². The molecule has 0 saturated heterocycles. The van der Waals surface area contributed by atoms with Crippen LogP contribution in [0.15, 0.2) is 176 Å². The minimum atomic E-state index is -1.00. The van der Waals surface area contributed by atoms with Crippen LogP contribution in [0.1, 0.15) is 0 Å². The van der Waals surface area contributed by atoms with Gasteiger partial charge in [-0.1, -0.05) is 158 Å². The lowest BCUT2D eigenvalue weighted by atomic mass is 9.82. The van der Waals surface area contributed by atoms with E-state index in [1.807, 2.05) is 60.7 Å². The molecule has 0 atom stereocenters. The van der Waals surface area contributed by atoms with Crippen molar-refractivity contribution in [1.82, 2.24) is 0 Å². The third-order valence-corrected chi connectivity index (χ3v) is 12.0. The van der Waals surface area contributed by atoms with Crippen LogP contribution in [0.3, 0.4) is 0 Å². The highest BCUT2D eigenvalue weighted by Gasteiger charge is 2.28. The summed E-state index contributed by atoms with van der Waals surface area (Å²) in [6.45, 7) is 0. The Hall–Kier alpha value is -8.02. The zero-order chi connectivity index (χ0) is 39.9. The van der Waals surface area contributed by atoms with Crippen molar-refractivity contribution >= 4 is 64.6 Å². The molecule has 0 saturated carbocycles. The van der Waals surface area contributed by atoms with Gasteiger partial charge in [0.25, 0.3) is 0 Å². The van der Waals surface area contributed by atoms with Gasteiger partial charge in [0.1, 0.15) is 0 Å². The zero-order valence-corrected chi connectivity index (χ0v) is 31.5. The molecule has 5 N–H and O–H groups in total. The highest BCUT2D eigenvalue weighted by molar-refractivity contribution is 6.26. The second-order valence-electron chi connectivity index (χ2n) is 15.1. The second-order valence-corrected chi connectivity index (χ2v) is 15.1. The van der Waals surface area contributed by atoms with E-state index in [9.17, 15) is 25.5 Å². The van der Waals surface area contributed by atoms with Gasteiger partial charge in [-0.15, -0.1) is 0 Å². The van der Waals surface area contributed by atoms with Gasteiger partial charge in [0.05, 0.1) is 5.56 Å². The first-order chi connectivity index (χ1) is 28.9. The molecule has 0 aliphatic carbocycles. The Labute approximate surface area is 338 Å². The van der Waals surface area contributed by atoms with Crippen LogP contribution in [-0.4, -0.2) is 25.5 Å². The minimum absolute atomic E-state index is 0.188. The van der Waals surface area contributed by atoms with E-state index in [1.54, 1.807) is 0 Å². The summed E-state index contributed by atoms with van der Waals surface area (Å²) in [6.07, 6.45) is 0. The molecule has 0 spiro atoms. The third-order valence-electron chi connectivity index (χ3n) is 12.0. The second kappa shape index (κ2) is 13.0. The Balaban J connectivity index is 1.21. The predicted octanol–water partition coefficient (Wildman–Crippen LogP) is 13.8. The lowest BCUT2D eigenvalue weighted by molar-refractivity contribution is 0.330. The van der Waals surface area contributed by atoms with Crippen LogP contribution in [-0.2, 0) is 0 Å². The quantitative estimate of drug-likeness (QED) is 0.0532. The van der Waals surface area contributed by atoms with E-state index in [0.717, 1.165) is 54.9 Å². The Kier molecular flexibility index (Phi) is 7.56. The fourth-order valence-electron chi connectivity index (χ4n) is 9.25. The maximum atomic E-state index is 11.4. The molecule has 11 aromatic rings. The van der Waals surface area contributed by atoms with Crippen molar-refractivity contribution in [2.45, 2.75) is 0 Å². The molecule has 5 heteroatoms. The highest BCUT2D eigenvalue weighted by Crippen LogP contribution is 2.58. The number of hydrogen-bond acceptors (Lipinski definition) is 5. The molecule has 0 aromatic heterocycles. The van der Waals surface area contributed by atoms with E-state index < -0.39 is 28.7 Å². The van der Waals surface area contributed by atoms with Gasteiger partial charge in [-0.3, -0.25) is 0 Å². The Morgan fingerprint density at radius 2 is 0.712 bits per heavy atom. The third kappa shape index (κ3) is 5.12. The average Bonchev–Trinajstić information content (AvgIpc) is 3.29. The molecule has 0 fully saturated rings. The molecule has 0 radical (unpaired) electrons. The Morgan fingerprint density at radius 3 is 1.41 bits per heavy atom. The topological polar surface area (TPSA) is 101 Å². The van der Waals surface area contributed by atoms with Crippen molar-refractivity contribution in [3.8, 4) is 73.3 Å². The van der Waals surface area contributed by atoms with Gasteiger partial charge in [0, 0.05) is 5.56 Å². The molecule has 59 heavy (non-hydrogen) atoms. The fraction of sp³-hybridized carbons (Fsp3) is 0. The number of benzene rings is 11. The van der Waals surface area contributed by atoms with Crippen LogP contribution in [0.5, 0.6) is 28.7 Å². The number of hydrogen-bond donors (Lipinski definition) is 5. The first kappa shape index (κ1) is 34.2. The SMILES string of the molecule is Oc1c(O)c(O)c(-c2c3ccccc3c(-c3cccc4c(-c5cccc6c5ccc5cc7ccccc7cc56)cccc34)c3ccc(-c4ccccc4)cc23)c(O)c1O. The molecule has 0 aliphatic heterocycles. The summed E-state index contributed by atoms with van der Waals surface area (Å²) in [5.74, 6) is -4.33. The molecule has 0 aliphatic rings. The average molecular weight is 763 g/mol. The molecule has 0 bridgehead atoms.